The average Bonchev–Trinajstić information content (AvgIpc) is 2.15. The average molecular weight is 245 g/mol. The Labute approximate surface area is 99.7 Å². The fourth-order valence-corrected chi connectivity index (χ4v) is 1.33. The molecule has 0 heterocycles. The second-order valence-corrected chi connectivity index (χ2v) is 3.87. The maximum Gasteiger partial charge on any atom is 0.326 e. The molecule has 0 saturated heterocycles. The van der Waals surface area contributed by atoms with E-state index in [-0.39, 0.29) is 6.04 Å². The molecule has 98 valence electrons. The highest BCUT2D eigenvalue weighted by Gasteiger charge is 2.22. The second-order valence-electron chi connectivity index (χ2n) is 3.87. The molecule has 0 radical (unpaired) electrons. The summed E-state index contributed by atoms with van der Waals surface area (Å²) in [5, 5.41) is 13.5. The maximum absolute atomic E-state index is 11.4. The van der Waals surface area contributed by atoms with Crippen molar-refractivity contribution >= 4 is 17.9 Å². The van der Waals surface area contributed by atoms with Gasteiger partial charge in [0.1, 0.15) is 6.04 Å². The van der Waals surface area contributed by atoms with Crippen molar-refractivity contribution in [2.45, 2.75) is 45.2 Å². The van der Waals surface area contributed by atoms with Crippen molar-refractivity contribution in [3.63, 3.8) is 0 Å². The third kappa shape index (κ3) is 7.15. The van der Waals surface area contributed by atoms with Gasteiger partial charge in [0.05, 0.1) is 6.42 Å². The standard InChI is InChI=1S/C10H19N3O4/c1-3-4-6(2)12-10(17)13-7(9(15)16)5-8(11)14/h6-7H,3-5H2,1-2H3,(H2,11,14)(H,15,16)(H2,12,13,17)/t6?,7-/m1/s1. The molecule has 0 spiro atoms. The molecule has 0 aliphatic heterocycles. The number of aliphatic carboxylic acids is 1. The van der Waals surface area contributed by atoms with Gasteiger partial charge >= 0.3 is 12.0 Å². The zero-order chi connectivity index (χ0) is 13.4. The lowest BCUT2D eigenvalue weighted by molar-refractivity contribution is -0.140. The van der Waals surface area contributed by atoms with Crippen LogP contribution in [0.15, 0.2) is 0 Å². The van der Waals surface area contributed by atoms with Crippen LogP contribution in [0.3, 0.4) is 0 Å². The van der Waals surface area contributed by atoms with E-state index in [1.807, 2.05) is 13.8 Å². The predicted molar refractivity (Wildman–Crippen MR) is 61.3 cm³/mol. The molecule has 0 saturated carbocycles. The molecule has 3 amide bonds. The normalized spacial score (nSPS) is 13.5. The van der Waals surface area contributed by atoms with Crippen molar-refractivity contribution in [1.82, 2.24) is 10.6 Å². The van der Waals surface area contributed by atoms with E-state index < -0.39 is 30.4 Å². The van der Waals surface area contributed by atoms with Crippen molar-refractivity contribution in [2.75, 3.05) is 0 Å². The molecule has 1 unspecified atom stereocenters. The summed E-state index contributed by atoms with van der Waals surface area (Å²) in [6.07, 6.45) is 1.27. The number of carbonyl (C=O) groups excluding carboxylic acids is 2. The molecule has 0 aromatic carbocycles. The Morgan fingerprint density at radius 3 is 2.29 bits per heavy atom. The third-order valence-corrected chi connectivity index (χ3v) is 2.11. The molecule has 17 heavy (non-hydrogen) atoms. The van der Waals surface area contributed by atoms with Crippen LogP contribution < -0.4 is 16.4 Å². The Balaban J connectivity index is 4.21. The number of carbonyl (C=O) groups is 3. The number of carboxylic acid groups (broad SMARTS) is 1. The molecule has 0 aromatic heterocycles. The van der Waals surface area contributed by atoms with E-state index in [4.69, 9.17) is 10.8 Å². The summed E-state index contributed by atoms with van der Waals surface area (Å²) in [7, 11) is 0. The first-order valence-electron chi connectivity index (χ1n) is 5.45. The van der Waals surface area contributed by atoms with Crippen LogP contribution in [-0.2, 0) is 9.59 Å². The van der Waals surface area contributed by atoms with Crippen molar-refractivity contribution in [3.8, 4) is 0 Å². The number of hydrogen-bond donors (Lipinski definition) is 4. The Bertz CT molecular complexity index is 293. The summed E-state index contributed by atoms with van der Waals surface area (Å²) >= 11 is 0. The van der Waals surface area contributed by atoms with Gasteiger partial charge in [-0.3, -0.25) is 4.79 Å². The smallest absolute Gasteiger partial charge is 0.326 e. The van der Waals surface area contributed by atoms with Crippen LogP contribution >= 0.6 is 0 Å². The van der Waals surface area contributed by atoms with Gasteiger partial charge in [-0.25, -0.2) is 9.59 Å². The number of primary amides is 1. The molecular weight excluding hydrogens is 226 g/mol. The van der Waals surface area contributed by atoms with Crippen molar-refractivity contribution < 1.29 is 19.5 Å². The highest BCUT2D eigenvalue weighted by atomic mass is 16.4. The van der Waals surface area contributed by atoms with Gasteiger partial charge in [-0.1, -0.05) is 13.3 Å². The summed E-state index contributed by atoms with van der Waals surface area (Å²) in [5.41, 5.74) is 4.88. The summed E-state index contributed by atoms with van der Waals surface area (Å²) < 4.78 is 0. The quantitative estimate of drug-likeness (QED) is 0.496. The second kappa shape index (κ2) is 7.48. The van der Waals surface area contributed by atoms with Gasteiger partial charge < -0.3 is 21.5 Å². The molecule has 0 aliphatic rings. The molecular formula is C10H19N3O4. The number of nitrogens with two attached hydrogens (primary N) is 1. The highest BCUT2D eigenvalue weighted by Crippen LogP contribution is 1.96. The van der Waals surface area contributed by atoms with Crippen LogP contribution in [0.2, 0.25) is 0 Å². The number of rotatable bonds is 7. The van der Waals surface area contributed by atoms with Crippen LogP contribution in [0.25, 0.3) is 0 Å². The third-order valence-electron chi connectivity index (χ3n) is 2.11. The lowest BCUT2D eigenvalue weighted by atomic mass is 10.2. The Morgan fingerprint density at radius 1 is 1.29 bits per heavy atom. The van der Waals surface area contributed by atoms with Crippen LogP contribution in [0, 0.1) is 0 Å². The first-order chi connectivity index (χ1) is 7.86. The first-order valence-corrected chi connectivity index (χ1v) is 5.45. The van der Waals surface area contributed by atoms with Gasteiger partial charge in [-0.05, 0) is 13.3 Å². The maximum atomic E-state index is 11.4. The van der Waals surface area contributed by atoms with Crippen LogP contribution in [0.1, 0.15) is 33.1 Å². The van der Waals surface area contributed by atoms with Crippen LogP contribution in [-0.4, -0.2) is 35.1 Å². The molecule has 7 heteroatoms. The topological polar surface area (TPSA) is 122 Å². The summed E-state index contributed by atoms with van der Waals surface area (Å²) in [6, 6.07) is -1.95. The minimum atomic E-state index is -1.29. The highest BCUT2D eigenvalue weighted by molar-refractivity contribution is 5.87. The number of nitrogens with one attached hydrogen (secondary N) is 2. The van der Waals surface area contributed by atoms with Crippen LogP contribution in [0.5, 0.6) is 0 Å². The summed E-state index contributed by atoms with van der Waals surface area (Å²) in [6.45, 7) is 3.79. The van der Waals surface area contributed by atoms with E-state index >= 15 is 0 Å². The lowest BCUT2D eigenvalue weighted by Gasteiger charge is -2.17. The molecule has 2 atom stereocenters. The Kier molecular flexibility index (Phi) is 6.69. The summed E-state index contributed by atoms with van der Waals surface area (Å²) in [4.78, 5) is 32.7. The first kappa shape index (κ1) is 15.2. The molecule has 0 rings (SSSR count). The number of carboxylic acids is 1. The van der Waals surface area contributed by atoms with Gasteiger partial charge in [0.2, 0.25) is 5.91 Å². The molecule has 0 bridgehead atoms. The van der Waals surface area contributed by atoms with E-state index in [2.05, 4.69) is 10.6 Å². The van der Waals surface area contributed by atoms with Gasteiger partial charge in [-0.2, -0.15) is 0 Å². The zero-order valence-electron chi connectivity index (χ0n) is 10.0. The molecule has 0 fully saturated rings. The largest absolute Gasteiger partial charge is 0.480 e. The minimum Gasteiger partial charge on any atom is -0.480 e. The zero-order valence-corrected chi connectivity index (χ0v) is 10.0. The van der Waals surface area contributed by atoms with Crippen molar-refractivity contribution in [3.05, 3.63) is 0 Å². The van der Waals surface area contributed by atoms with E-state index in [9.17, 15) is 14.4 Å². The monoisotopic (exact) mass is 245 g/mol. The predicted octanol–water partition coefficient (Wildman–Crippen LogP) is -0.197. The molecule has 0 aliphatic carbocycles. The van der Waals surface area contributed by atoms with Gasteiger partial charge in [0, 0.05) is 6.04 Å². The van der Waals surface area contributed by atoms with E-state index in [1.54, 1.807) is 0 Å². The van der Waals surface area contributed by atoms with Gasteiger partial charge in [0.15, 0.2) is 0 Å². The molecule has 0 aromatic rings. The van der Waals surface area contributed by atoms with Gasteiger partial charge in [0.25, 0.3) is 0 Å². The molecule has 5 N–H and O–H groups in total. The molecule has 7 nitrogen and oxygen atoms in total. The summed E-state index contributed by atoms with van der Waals surface area (Å²) in [5.74, 6) is -2.07. The van der Waals surface area contributed by atoms with Crippen molar-refractivity contribution in [2.24, 2.45) is 5.73 Å². The van der Waals surface area contributed by atoms with E-state index in [1.165, 1.54) is 0 Å². The van der Waals surface area contributed by atoms with E-state index in [0.717, 1.165) is 12.8 Å². The minimum absolute atomic E-state index is 0.0528. The van der Waals surface area contributed by atoms with Gasteiger partial charge in [-0.15, -0.1) is 0 Å². The Hall–Kier alpha value is -1.79. The number of urea groups is 1. The van der Waals surface area contributed by atoms with Crippen molar-refractivity contribution in [1.29, 1.82) is 0 Å². The fraction of sp³-hybridized carbons (Fsp3) is 0.700. The fourth-order valence-electron chi connectivity index (χ4n) is 1.33. The van der Waals surface area contributed by atoms with E-state index in [0.29, 0.717) is 0 Å². The Morgan fingerprint density at radius 2 is 1.88 bits per heavy atom. The SMILES string of the molecule is CCCC(C)NC(=O)N[C@H](CC(N)=O)C(=O)O. The number of hydrogen-bond acceptors (Lipinski definition) is 3. The van der Waals surface area contributed by atoms with Crippen LogP contribution in [0.4, 0.5) is 4.79 Å². The number of amides is 3. The lowest BCUT2D eigenvalue weighted by Crippen LogP contribution is -2.49.